The second-order valence-corrected chi connectivity index (χ2v) is 6.45. The van der Waals surface area contributed by atoms with E-state index in [2.05, 4.69) is 5.32 Å². The Kier molecular flexibility index (Phi) is 4.31. The van der Waals surface area contributed by atoms with Gasteiger partial charge < -0.3 is 24.1 Å². The highest BCUT2D eigenvalue weighted by molar-refractivity contribution is 6.00. The summed E-state index contributed by atoms with van der Waals surface area (Å²) < 4.78 is 11.0. The average Bonchev–Trinajstić information content (AvgIpc) is 2.94. The molecule has 0 spiro atoms. The van der Waals surface area contributed by atoms with Crippen molar-refractivity contribution in [3.8, 4) is 0 Å². The number of aliphatic carboxylic acids is 1. The van der Waals surface area contributed by atoms with Gasteiger partial charge in [-0.2, -0.15) is 0 Å². The quantitative estimate of drug-likeness (QED) is 0.704. The summed E-state index contributed by atoms with van der Waals surface area (Å²) in [5.41, 5.74) is 2.94. The Balaban J connectivity index is 2.11. The van der Waals surface area contributed by atoms with Gasteiger partial charge in [0.1, 0.15) is 11.2 Å². The molecule has 0 radical (unpaired) electrons. The van der Waals surface area contributed by atoms with Gasteiger partial charge in [-0.25, -0.2) is 4.79 Å². The van der Waals surface area contributed by atoms with Crippen molar-refractivity contribution in [3.05, 3.63) is 45.0 Å². The van der Waals surface area contributed by atoms with Crippen LogP contribution in [0.2, 0.25) is 0 Å². The van der Waals surface area contributed by atoms with E-state index in [1.165, 1.54) is 6.92 Å². The van der Waals surface area contributed by atoms with Crippen LogP contribution in [0.4, 0.5) is 0 Å². The van der Waals surface area contributed by atoms with Crippen molar-refractivity contribution < 1.29 is 23.5 Å². The van der Waals surface area contributed by atoms with Crippen molar-refractivity contribution in [1.29, 1.82) is 0 Å². The van der Waals surface area contributed by atoms with Gasteiger partial charge in [-0.3, -0.25) is 4.79 Å². The number of nitrogens with one attached hydrogen (secondary N) is 1. The molecule has 3 aromatic rings. The van der Waals surface area contributed by atoms with Gasteiger partial charge >= 0.3 is 5.63 Å². The topological polar surface area (TPSA) is 113 Å². The van der Waals surface area contributed by atoms with E-state index in [-0.39, 0.29) is 12.0 Å². The molecule has 0 saturated heterocycles. The van der Waals surface area contributed by atoms with Gasteiger partial charge in [-0.05, 0) is 44.9 Å². The Morgan fingerprint density at radius 2 is 1.85 bits per heavy atom. The number of hydrogen-bond acceptors (Lipinski definition) is 6. The summed E-state index contributed by atoms with van der Waals surface area (Å²) >= 11 is 0. The summed E-state index contributed by atoms with van der Waals surface area (Å²) in [4.78, 5) is 35.2. The van der Waals surface area contributed by atoms with Crippen molar-refractivity contribution in [1.82, 2.24) is 5.32 Å². The number of carboxylic acids is 1. The molecule has 0 aliphatic heterocycles. The van der Waals surface area contributed by atoms with E-state index in [9.17, 15) is 19.5 Å². The van der Waals surface area contributed by atoms with E-state index in [0.717, 1.165) is 16.3 Å². The number of carbonyl (C=O) groups excluding carboxylic acids is 2. The zero-order chi connectivity index (χ0) is 19.2. The second-order valence-electron chi connectivity index (χ2n) is 6.45. The molecule has 1 aromatic carbocycles. The highest BCUT2D eigenvalue weighted by Gasteiger charge is 2.19. The third kappa shape index (κ3) is 2.85. The molecule has 2 heterocycles. The lowest BCUT2D eigenvalue weighted by atomic mass is 9.99. The molecule has 2 aromatic heterocycles. The van der Waals surface area contributed by atoms with Crippen LogP contribution in [0, 0.1) is 20.8 Å². The minimum atomic E-state index is -1.39. The van der Waals surface area contributed by atoms with E-state index < -0.39 is 23.5 Å². The zero-order valence-electron chi connectivity index (χ0n) is 14.9. The van der Waals surface area contributed by atoms with Crippen LogP contribution < -0.4 is 16.0 Å². The van der Waals surface area contributed by atoms with Crippen molar-refractivity contribution in [3.63, 3.8) is 0 Å². The van der Waals surface area contributed by atoms with Crippen molar-refractivity contribution in [2.75, 3.05) is 0 Å². The molecule has 0 bridgehead atoms. The maximum absolute atomic E-state index is 12.4. The highest BCUT2D eigenvalue weighted by atomic mass is 16.4. The molecule has 7 heteroatoms. The minimum Gasteiger partial charge on any atom is -0.548 e. The van der Waals surface area contributed by atoms with Crippen LogP contribution in [0.25, 0.3) is 21.9 Å². The van der Waals surface area contributed by atoms with Crippen molar-refractivity contribution >= 4 is 33.8 Å². The van der Waals surface area contributed by atoms with Crippen LogP contribution in [-0.2, 0) is 16.0 Å². The van der Waals surface area contributed by atoms with Gasteiger partial charge in [-0.15, -0.1) is 0 Å². The third-order valence-electron chi connectivity index (χ3n) is 4.60. The number of carboxylic acid groups (broad SMARTS) is 1. The first-order chi connectivity index (χ1) is 12.2. The summed E-state index contributed by atoms with van der Waals surface area (Å²) in [5.74, 6) is -1.98. The van der Waals surface area contributed by atoms with Gasteiger partial charge in [0.15, 0.2) is 0 Å². The van der Waals surface area contributed by atoms with Crippen LogP contribution in [0.1, 0.15) is 29.2 Å². The standard InChI is InChI=1S/C19H19NO6/c1-8-7-25-16-10(3)17-13(5-12(8)16)9(2)14(19(24)26-17)6-15(21)20-11(4)18(22)23/h5,7,11H,6H2,1-4H3,(H,20,21)(H,22,23)/p-1/t11-/m0/s1. The van der Waals surface area contributed by atoms with Crippen LogP contribution in [0.5, 0.6) is 0 Å². The number of aryl methyl sites for hydroxylation is 3. The first-order valence-electron chi connectivity index (χ1n) is 8.14. The van der Waals surface area contributed by atoms with Gasteiger partial charge in [0.25, 0.3) is 0 Å². The lowest BCUT2D eigenvalue weighted by Gasteiger charge is -2.15. The number of fused-ring (bicyclic) bond motifs is 2. The average molecular weight is 356 g/mol. The van der Waals surface area contributed by atoms with Gasteiger partial charge in [0.05, 0.1) is 30.3 Å². The molecule has 3 rings (SSSR count). The third-order valence-corrected chi connectivity index (χ3v) is 4.60. The molecule has 1 N–H and O–H groups in total. The smallest absolute Gasteiger partial charge is 0.340 e. The molecule has 0 aliphatic carbocycles. The SMILES string of the molecule is Cc1coc2c(C)c3oc(=O)c(CC(=O)N[C@@H](C)C(=O)[O-])c(C)c3cc12. The fourth-order valence-electron chi connectivity index (χ4n) is 3.03. The number of hydrogen-bond donors (Lipinski definition) is 1. The summed E-state index contributed by atoms with van der Waals surface area (Å²) in [5, 5.41) is 14.7. The van der Waals surface area contributed by atoms with Crippen LogP contribution >= 0.6 is 0 Å². The lowest BCUT2D eigenvalue weighted by molar-refractivity contribution is -0.307. The first kappa shape index (κ1) is 17.7. The van der Waals surface area contributed by atoms with Crippen molar-refractivity contribution in [2.24, 2.45) is 0 Å². The molecular weight excluding hydrogens is 338 g/mol. The van der Waals surface area contributed by atoms with Crippen LogP contribution in [0.15, 0.2) is 26.0 Å². The molecule has 7 nitrogen and oxygen atoms in total. The van der Waals surface area contributed by atoms with Crippen molar-refractivity contribution in [2.45, 2.75) is 40.2 Å². The summed E-state index contributed by atoms with van der Waals surface area (Å²) in [7, 11) is 0. The van der Waals surface area contributed by atoms with E-state index in [4.69, 9.17) is 8.83 Å². The summed E-state index contributed by atoms with van der Waals surface area (Å²) in [6.07, 6.45) is 1.36. The molecule has 0 fully saturated rings. The summed E-state index contributed by atoms with van der Waals surface area (Å²) in [6.45, 7) is 6.76. The predicted molar refractivity (Wildman–Crippen MR) is 92.8 cm³/mol. The van der Waals surface area contributed by atoms with E-state index in [1.807, 2.05) is 19.9 Å². The molecule has 26 heavy (non-hydrogen) atoms. The van der Waals surface area contributed by atoms with E-state index in [1.54, 1.807) is 13.2 Å². The number of carbonyl (C=O) groups is 2. The second kappa shape index (κ2) is 6.33. The summed E-state index contributed by atoms with van der Waals surface area (Å²) in [6, 6.07) is 0.728. The molecular formula is C19H18NO6-. The first-order valence-corrected chi connectivity index (χ1v) is 8.14. The minimum absolute atomic E-state index is 0.195. The zero-order valence-corrected chi connectivity index (χ0v) is 14.9. The number of rotatable bonds is 4. The van der Waals surface area contributed by atoms with E-state index in [0.29, 0.717) is 22.3 Å². The van der Waals surface area contributed by atoms with E-state index >= 15 is 0 Å². The normalized spacial score (nSPS) is 12.5. The Morgan fingerprint density at radius 3 is 2.50 bits per heavy atom. The maximum Gasteiger partial charge on any atom is 0.340 e. The Hall–Kier alpha value is -3.09. The predicted octanol–water partition coefficient (Wildman–Crippen LogP) is 1.26. The van der Waals surface area contributed by atoms with Gasteiger partial charge in [0.2, 0.25) is 5.91 Å². The molecule has 0 saturated carbocycles. The van der Waals surface area contributed by atoms with Gasteiger partial charge in [0, 0.05) is 16.3 Å². The number of benzene rings is 1. The van der Waals surface area contributed by atoms with Crippen LogP contribution in [-0.4, -0.2) is 17.9 Å². The molecule has 0 unspecified atom stereocenters. The molecule has 1 atom stereocenters. The lowest BCUT2D eigenvalue weighted by Crippen LogP contribution is -2.46. The molecule has 1 amide bonds. The fourth-order valence-corrected chi connectivity index (χ4v) is 3.03. The van der Waals surface area contributed by atoms with Gasteiger partial charge in [-0.1, -0.05) is 0 Å². The largest absolute Gasteiger partial charge is 0.548 e. The number of amides is 1. The monoisotopic (exact) mass is 356 g/mol. The Bertz CT molecular complexity index is 1100. The maximum atomic E-state index is 12.4. The number of furan rings is 1. The van der Waals surface area contributed by atoms with Crippen LogP contribution in [0.3, 0.4) is 0 Å². The molecule has 0 aliphatic rings. The Labute approximate surface area is 148 Å². The molecule has 136 valence electrons. The fraction of sp³-hybridized carbons (Fsp3) is 0.316. The highest BCUT2D eigenvalue weighted by Crippen LogP contribution is 2.32. The Morgan fingerprint density at radius 1 is 1.15 bits per heavy atom.